The maximum Gasteiger partial charge on any atom is 0.407 e. The minimum absolute atomic E-state index is 0. The number of aryl methyl sites for hydroxylation is 3. The molecule has 0 bridgehead atoms. The van der Waals surface area contributed by atoms with E-state index < -0.39 is 11.7 Å². The number of pyridine rings is 3. The fraction of sp³-hybridized carbons (Fsp3) is 0.349. The van der Waals surface area contributed by atoms with Crippen molar-refractivity contribution in [1.82, 2.24) is 20.3 Å². The van der Waals surface area contributed by atoms with Crippen LogP contribution in [0, 0.1) is 20.8 Å². The third-order valence-corrected chi connectivity index (χ3v) is 10.9. The highest BCUT2D eigenvalue weighted by atomic mass is 35.5. The first-order valence-electron chi connectivity index (χ1n) is 18.4. The Hall–Kier alpha value is -3.43. The van der Waals surface area contributed by atoms with Crippen molar-refractivity contribution in [2.75, 3.05) is 18.6 Å². The highest BCUT2D eigenvalue weighted by Crippen LogP contribution is 2.31. The van der Waals surface area contributed by atoms with Crippen molar-refractivity contribution >= 4 is 75.7 Å². The molecule has 9 nitrogen and oxygen atoms in total. The number of halogens is 3. The van der Waals surface area contributed by atoms with Gasteiger partial charge < -0.3 is 26.3 Å². The Labute approximate surface area is 373 Å². The summed E-state index contributed by atoms with van der Waals surface area (Å²) in [7, 11) is 0. The molecule has 0 spiro atoms. The van der Waals surface area contributed by atoms with Crippen LogP contribution >= 0.6 is 69.6 Å². The second-order valence-corrected chi connectivity index (χ2v) is 17.3. The normalized spacial score (nSPS) is 10.1. The number of aromatic nitrogens is 3. The first-order chi connectivity index (χ1) is 27.3. The third-order valence-electron chi connectivity index (χ3n) is 7.52. The quantitative estimate of drug-likeness (QED) is 0.122. The average molecular weight is 909 g/mol. The molecule has 58 heavy (non-hydrogen) atoms. The number of nitrogens with two attached hydrogens (primary N) is 2. The Morgan fingerprint density at radius 1 is 0.655 bits per heavy atom. The largest absolute Gasteiger partial charge is 0.444 e. The fourth-order valence-corrected chi connectivity index (χ4v) is 7.67. The van der Waals surface area contributed by atoms with Gasteiger partial charge in [-0.3, -0.25) is 15.0 Å². The van der Waals surface area contributed by atoms with Gasteiger partial charge in [-0.15, -0.1) is 69.6 Å². The minimum Gasteiger partial charge on any atom is -0.444 e. The van der Waals surface area contributed by atoms with Crippen molar-refractivity contribution in [3.63, 3.8) is 0 Å². The van der Waals surface area contributed by atoms with Gasteiger partial charge in [-0.25, -0.2) is 4.79 Å². The smallest absolute Gasteiger partial charge is 0.407 e. The zero-order chi connectivity index (χ0) is 42.2. The van der Waals surface area contributed by atoms with Crippen LogP contribution in [0.4, 0.5) is 4.79 Å². The summed E-state index contributed by atoms with van der Waals surface area (Å²) in [6, 6.07) is 18.5. The second-order valence-electron chi connectivity index (χ2n) is 13.0. The van der Waals surface area contributed by atoms with Crippen LogP contribution in [0.15, 0.2) is 91.8 Å². The number of ether oxygens (including phenoxy) is 2. The van der Waals surface area contributed by atoms with Gasteiger partial charge in [0.2, 0.25) is 0 Å². The number of thiophene rings is 3. The molecule has 1 amide bonds. The van der Waals surface area contributed by atoms with Crippen molar-refractivity contribution in [2.45, 2.75) is 80.6 Å². The van der Waals surface area contributed by atoms with E-state index in [0.29, 0.717) is 19.6 Å². The standard InChI is InChI=1S/C16H20N2O2S.2C11H12N2S.C4H10O.CH2Cl2.ClH/c1-11-7-8-17-10-13(11)14-6-5-12(21-14)9-18-15(19)20-16(2,3)4;2*1-8-4-5-13-7-10(8)11-3-2-9(6-12)14-11;1-3-5-4-2;2-1-3;/h5-8,10H,9H2,1-4H3,(H,18,19);2*2-5,7H,6,12H2,1H3;3-4H2,1-2H3;1H2;1H. The molecule has 6 rings (SSSR count). The number of carbonyl (C=O) groups excluding carboxylic acids is 1. The summed E-state index contributed by atoms with van der Waals surface area (Å²) in [5.74, 6) is 0. The molecule has 6 heterocycles. The molecule has 0 aliphatic carbocycles. The highest BCUT2D eigenvalue weighted by molar-refractivity contribution is 7.16. The molecule has 6 aromatic rings. The lowest BCUT2D eigenvalue weighted by Crippen LogP contribution is -2.31. The summed E-state index contributed by atoms with van der Waals surface area (Å²) in [5, 5.41) is 2.96. The maximum atomic E-state index is 11.6. The summed E-state index contributed by atoms with van der Waals surface area (Å²) in [4.78, 5) is 31.2. The molecule has 316 valence electrons. The van der Waals surface area contributed by atoms with E-state index in [-0.39, 0.29) is 17.7 Å². The molecule has 0 saturated heterocycles. The number of carbonyl (C=O) groups is 1. The van der Waals surface area contributed by atoms with Crippen LogP contribution in [0.3, 0.4) is 0 Å². The molecule has 0 saturated carbocycles. The van der Waals surface area contributed by atoms with Crippen LogP contribution in [-0.2, 0) is 29.1 Å². The van der Waals surface area contributed by atoms with Crippen molar-refractivity contribution < 1.29 is 14.3 Å². The van der Waals surface area contributed by atoms with E-state index >= 15 is 0 Å². The average Bonchev–Trinajstić information content (AvgIpc) is 3.97. The molecule has 0 radical (unpaired) electrons. The van der Waals surface area contributed by atoms with E-state index in [9.17, 15) is 4.79 Å². The van der Waals surface area contributed by atoms with E-state index in [1.165, 1.54) is 47.3 Å². The van der Waals surface area contributed by atoms with Crippen molar-refractivity contribution in [3.05, 3.63) is 123 Å². The number of alkyl halides is 2. The van der Waals surface area contributed by atoms with Gasteiger partial charge >= 0.3 is 6.09 Å². The van der Waals surface area contributed by atoms with E-state index in [1.807, 2.05) is 89.9 Å². The van der Waals surface area contributed by atoms with Crippen molar-refractivity contribution in [3.8, 4) is 31.3 Å². The predicted octanol–water partition coefficient (Wildman–Crippen LogP) is 12.2. The first-order valence-corrected chi connectivity index (χ1v) is 21.9. The molecule has 0 unspecified atom stereocenters. The van der Waals surface area contributed by atoms with E-state index in [4.69, 9.17) is 44.1 Å². The summed E-state index contributed by atoms with van der Waals surface area (Å²) in [5.41, 5.74) is 17.9. The lowest BCUT2D eigenvalue weighted by molar-refractivity contribution is 0.0524. The number of nitrogens with one attached hydrogen (secondary N) is 1. The Kier molecular flexibility index (Phi) is 26.2. The Bertz CT molecular complexity index is 1950. The molecule has 0 aromatic carbocycles. The van der Waals surface area contributed by atoms with Gasteiger partial charge in [-0.1, -0.05) is 0 Å². The van der Waals surface area contributed by atoms with Crippen LogP contribution in [0.25, 0.3) is 31.3 Å². The number of amides is 1. The first kappa shape index (κ1) is 52.6. The summed E-state index contributed by atoms with van der Waals surface area (Å²) in [6.45, 7) is 19.2. The van der Waals surface area contributed by atoms with Gasteiger partial charge in [0.05, 0.1) is 11.9 Å². The Balaban J connectivity index is 0.000000403. The monoisotopic (exact) mass is 906 g/mol. The fourth-order valence-electron chi connectivity index (χ4n) is 4.73. The third kappa shape index (κ3) is 19.5. The predicted molar refractivity (Wildman–Crippen MR) is 252 cm³/mol. The molecule has 5 N–H and O–H groups in total. The number of hydrogen-bond donors (Lipinski definition) is 3. The van der Waals surface area contributed by atoms with Gasteiger partial charge in [0.1, 0.15) is 5.60 Å². The minimum atomic E-state index is -0.475. The number of rotatable bonds is 9. The molecule has 15 heteroatoms. The molecule has 0 aliphatic heterocycles. The summed E-state index contributed by atoms with van der Waals surface area (Å²) < 4.78 is 10.0. The number of hydrogen-bond acceptors (Lipinski definition) is 11. The van der Waals surface area contributed by atoms with Gasteiger partial charge in [-0.05, 0) is 127 Å². The number of nitrogens with zero attached hydrogens (tertiary/aromatic N) is 3. The molecular weight excluding hydrogens is 851 g/mol. The van der Waals surface area contributed by atoms with Gasteiger partial charge in [0, 0.05) is 109 Å². The van der Waals surface area contributed by atoms with Gasteiger partial charge in [0.25, 0.3) is 0 Å². The van der Waals surface area contributed by atoms with Gasteiger partial charge in [-0.2, -0.15) is 0 Å². The molecule has 0 atom stereocenters. The number of alkyl carbamates (subject to hydrolysis) is 1. The zero-order valence-corrected chi connectivity index (χ0v) is 39.3. The van der Waals surface area contributed by atoms with Crippen molar-refractivity contribution in [1.29, 1.82) is 0 Å². The van der Waals surface area contributed by atoms with Crippen LogP contribution in [-0.4, -0.2) is 45.2 Å². The lowest BCUT2D eigenvalue weighted by atomic mass is 10.1. The SMILES string of the molecule is CCOCC.Cc1ccncc1-c1ccc(CN)s1.Cc1ccncc1-c1ccc(CN)s1.Cc1ccncc1-c1ccc(CNC(=O)OC(C)(C)C)s1.Cl.ClCCl. The van der Waals surface area contributed by atoms with Crippen LogP contribution in [0.2, 0.25) is 0 Å². The van der Waals surface area contributed by atoms with Crippen molar-refractivity contribution in [2.24, 2.45) is 11.5 Å². The van der Waals surface area contributed by atoms with E-state index in [2.05, 4.69) is 71.4 Å². The molecule has 0 fully saturated rings. The molecular formula is C43H57Cl3N6O3S3. The molecule has 0 aliphatic rings. The van der Waals surface area contributed by atoms with E-state index in [0.717, 1.165) is 28.5 Å². The lowest BCUT2D eigenvalue weighted by Gasteiger charge is -2.19. The Morgan fingerprint density at radius 2 is 1.00 bits per heavy atom. The van der Waals surface area contributed by atoms with Crippen LogP contribution in [0.5, 0.6) is 0 Å². The second kappa shape index (κ2) is 28.9. The van der Waals surface area contributed by atoms with Crippen LogP contribution < -0.4 is 16.8 Å². The topological polar surface area (TPSA) is 138 Å². The maximum absolute atomic E-state index is 11.6. The zero-order valence-electron chi connectivity index (χ0n) is 34.5. The molecule has 6 aromatic heterocycles. The van der Waals surface area contributed by atoms with Crippen LogP contribution in [0.1, 0.15) is 65.9 Å². The van der Waals surface area contributed by atoms with Gasteiger partial charge in [0.15, 0.2) is 0 Å². The summed E-state index contributed by atoms with van der Waals surface area (Å²) in [6.07, 6.45) is 10.7. The highest BCUT2D eigenvalue weighted by Gasteiger charge is 2.16. The summed E-state index contributed by atoms with van der Waals surface area (Å²) >= 11 is 14.6. The Morgan fingerprint density at radius 3 is 1.28 bits per heavy atom. The van der Waals surface area contributed by atoms with E-state index in [1.54, 1.807) is 40.2 Å².